The molecule has 3 rings (SSSR count). The largest absolute Gasteiger partial charge is 0.358 e. The van der Waals surface area contributed by atoms with Crippen molar-refractivity contribution in [2.24, 2.45) is 0 Å². The molecule has 0 aliphatic heterocycles. The predicted octanol–water partition coefficient (Wildman–Crippen LogP) is 3.30. The van der Waals surface area contributed by atoms with Crippen molar-refractivity contribution in [2.75, 3.05) is 0 Å². The molecule has 17 heavy (non-hydrogen) atoms. The Morgan fingerprint density at radius 2 is 2.06 bits per heavy atom. The lowest BCUT2D eigenvalue weighted by molar-refractivity contribution is 1.13. The lowest BCUT2D eigenvalue weighted by Crippen LogP contribution is -1.82. The molecule has 86 valence electrons. The van der Waals surface area contributed by atoms with Gasteiger partial charge in [0.2, 0.25) is 0 Å². The number of thiol groups is 1. The SMILES string of the molecule is Cc1[nH]c2ccccc2c1-c1cnc(CS)[nH]1. The Kier molecular flexibility index (Phi) is 2.44. The van der Waals surface area contributed by atoms with Crippen molar-refractivity contribution in [3.63, 3.8) is 0 Å². The molecule has 0 atom stereocenters. The Morgan fingerprint density at radius 3 is 2.82 bits per heavy atom. The molecule has 0 aliphatic rings. The van der Waals surface area contributed by atoms with E-state index in [1.165, 1.54) is 10.9 Å². The van der Waals surface area contributed by atoms with E-state index < -0.39 is 0 Å². The number of nitrogens with one attached hydrogen (secondary N) is 2. The minimum absolute atomic E-state index is 0.626. The standard InChI is InChI=1S/C13H13N3S/c1-8-13(11-6-14-12(7-17)16-11)9-4-2-3-5-10(9)15-8/h2-6,15,17H,7H2,1H3,(H,14,16). The number of imidazole rings is 1. The molecule has 0 bridgehead atoms. The smallest absolute Gasteiger partial charge is 0.116 e. The summed E-state index contributed by atoms with van der Waals surface area (Å²) in [5, 5.41) is 1.22. The van der Waals surface area contributed by atoms with E-state index >= 15 is 0 Å². The zero-order valence-electron chi connectivity index (χ0n) is 9.49. The number of aromatic amines is 2. The van der Waals surface area contributed by atoms with Gasteiger partial charge in [-0.15, -0.1) is 0 Å². The molecule has 0 saturated heterocycles. The summed E-state index contributed by atoms with van der Waals surface area (Å²) in [5.74, 6) is 1.52. The molecule has 0 fully saturated rings. The van der Waals surface area contributed by atoms with Gasteiger partial charge in [-0.25, -0.2) is 4.98 Å². The number of nitrogens with zero attached hydrogens (tertiary/aromatic N) is 1. The summed E-state index contributed by atoms with van der Waals surface area (Å²) >= 11 is 4.22. The quantitative estimate of drug-likeness (QED) is 0.594. The fourth-order valence-electron chi connectivity index (χ4n) is 2.19. The molecular formula is C13H13N3S. The van der Waals surface area contributed by atoms with E-state index in [0.717, 1.165) is 22.7 Å². The Hall–Kier alpha value is -1.68. The first-order chi connectivity index (χ1) is 8.29. The maximum atomic E-state index is 4.29. The molecule has 0 amide bonds. The zero-order chi connectivity index (χ0) is 11.8. The third kappa shape index (κ3) is 1.65. The molecule has 0 spiro atoms. The summed E-state index contributed by atoms with van der Waals surface area (Å²) in [6.45, 7) is 2.08. The minimum atomic E-state index is 0.626. The number of hydrogen-bond donors (Lipinski definition) is 3. The molecule has 4 heteroatoms. The molecule has 2 N–H and O–H groups in total. The topological polar surface area (TPSA) is 44.5 Å². The van der Waals surface area contributed by atoms with Crippen LogP contribution in [0.25, 0.3) is 22.2 Å². The van der Waals surface area contributed by atoms with Gasteiger partial charge in [-0.3, -0.25) is 0 Å². The number of aromatic nitrogens is 3. The highest BCUT2D eigenvalue weighted by atomic mass is 32.1. The van der Waals surface area contributed by atoms with E-state index in [1.54, 1.807) is 0 Å². The van der Waals surface area contributed by atoms with E-state index in [0.29, 0.717) is 5.75 Å². The Bertz CT molecular complexity index is 666. The summed E-state index contributed by atoms with van der Waals surface area (Å²) in [7, 11) is 0. The van der Waals surface area contributed by atoms with Crippen LogP contribution in [0.2, 0.25) is 0 Å². The van der Waals surface area contributed by atoms with Crippen LogP contribution in [0.3, 0.4) is 0 Å². The fourth-order valence-corrected chi connectivity index (χ4v) is 2.35. The predicted molar refractivity (Wildman–Crippen MR) is 73.3 cm³/mol. The number of H-pyrrole nitrogens is 2. The summed E-state index contributed by atoms with van der Waals surface area (Å²) in [4.78, 5) is 11.0. The average molecular weight is 243 g/mol. The van der Waals surface area contributed by atoms with Crippen LogP contribution in [-0.4, -0.2) is 15.0 Å². The molecule has 0 radical (unpaired) electrons. The third-order valence-electron chi connectivity index (χ3n) is 2.94. The van der Waals surface area contributed by atoms with Crippen LogP contribution in [0.1, 0.15) is 11.5 Å². The molecular weight excluding hydrogens is 230 g/mol. The van der Waals surface area contributed by atoms with Crippen molar-refractivity contribution in [3.05, 3.63) is 42.0 Å². The van der Waals surface area contributed by atoms with Gasteiger partial charge in [-0.2, -0.15) is 12.6 Å². The number of hydrogen-bond acceptors (Lipinski definition) is 2. The van der Waals surface area contributed by atoms with E-state index in [2.05, 4.69) is 52.7 Å². The second-order valence-electron chi connectivity index (χ2n) is 4.07. The molecule has 2 aromatic heterocycles. The van der Waals surface area contributed by atoms with Crippen molar-refractivity contribution in [1.82, 2.24) is 15.0 Å². The Balaban J connectivity index is 2.25. The molecule has 0 unspecified atom stereocenters. The maximum Gasteiger partial charge on any atom is 0.116 e. The molecule has 2 heterocycles. The van der Waals surface area contributed by atoms with Gasteiger partial charge in [0, 0.05) is 27.9 Å². The minimum Gasteiger partial charge on any atom is -0.358 e. The van der Waals surface area contributed by atoms with Crippen LogP contribution in [0.4, 0.5) is 0 Å². The van der Waals surface area contributed by atoms with Gasteiger partial charge >= 0.3 is 0 Å². The van der Waals surface area contributed by atoms with Gasteiger partial charge < -0.3 is 9.97 Å². The monoisotopic (exact) mass is 243 g/mol. The lowest BCUT2D eigenvalue weighted by Gasteiger charge is -1.97. The lowest BCUT2D eigenvalue weighted by atomic mass is 10.1. The van der Waals surface area contributed by atoms with Crippen LogP contribution in [0.15, 0.2) is 30.5 Å². The first-order valence-corrected chi connectivity index (χ1v) is 6.15. The molecule has 3 aromatic rings. The molecule has 1 aromatic carbocycles. The third-order valence-corrected chi connectivity index (χ3v) is 3.24. The maximum absolute atomic E-state index is 4.29. The number of benzene rings is 1. The van der Waals surface area contributed by atoms with Crippen LogP contribution >= 0.6 is 12.6 Å². The van der Waals surface area contributed by atoms with Gasteiger partial charge in [-0.1, -0.05) is 18.2 Å². The van der Waals surface area contributed by atoms with Gasteiger partial charge in [0.05, 0.1) is 11.9 Å². The number of fused-ring (bicyclic) bond motifs is 1. The second kappa shape index (κ2) is 3.96. The first kappa shape index (κ1) is 10.5. The van der Waals surface area contributed by atoms with Crippen molar-refractivity contribution in [3.8, 4) is 11.3 Å². The van der Waals surface area contributed by atoms with Crippen molar-refractivity contribution >= 4 is 23.5 Å². The highest BCUT2D eigenvalue weighted by Crippen LogP contribution is 2.30. The van der Waals surface area contributed by atoms with E-state index in [4.69, 9.17) is 0 Å². The summed E-state index contributed by atoms with van der Waals surface area (Å²) in [5.41, 5.74) is 4.55. The Labute approximate surface area is 105 Å². The van der Waals surface area contributed by atoms with Crippen molar-refractivity contribution < 1.29 is 0 Å². The average Bonchev–Trinajstić information content (AvgIpc) is 2.91. The van der Waals surface area contributed by atoms with Gasteiger partial charge in [-0.05, 0) is 13.0 Å². The van der Waals surface area contributed by atoms with Gasteiger partial charge in [0.15, 0.2) is 0 Å². The zero-order valence-corrected chi connectivity index (χ0v) is 10.4. The van der Waals surface area contributed by atoms with Gasteiger partial charge in [0.1, 0.15) is 5.82 Å². The Morgan fingerprint density at radius 1 is 1.24 bits per heavy atom. The highest BCUT2D eigenvalue weighted by Gasteiger charge is 2.11. The van der Waals surface area contributed by atoms with Crippen LogP contribution in [0.5, 0.6) is 0 Å². The molecule has 3 nitrogen and oxygen atoms in total. The van der Waals surface area contributed by atoms with Crippen molar-refractivity contribution in [1.29, 1.82) is 0 Å². The van der Waals surface area contributed by atoms with Crippen LogP contribution in [-0.2, 0) is 5.75 Å². The fraction of sp³-hybridized carbons (Fsp3) is 0.154. The molecule has 0 saturated carbocycles. The molecule has 0 aliphatic carbocycles. The number of para-hydroxylation sites is 1. The van der Waals surface area contributed by atoms with Crippen LogP contribution < -0.4 is 0 Å². The normalized spacial score (nSPS) is 11.2. The van der Waals surface area contributed by atoms with E-state index in [-0.39, 0.29) is 0 Å². The first-order valence-electron chi connectivity index (χ1n) is 5.52. The van der Waals surface area contributed by atoms with Gasteiger partial charge in [0.25, 0.3) is 0 Å². The summed E-state index contributed by atoms with van der Waals surface area (Å²) < 4.78 is 0. The van der Waals surface area contributed by atoms with Crippen LogP contribution in [0, 0.1) is 6.92 Å². The van der Waals surface area contributed by atoms with Crippen molar-refractivity contribution in [2.45, 2.75) is 12.7 Å². The number of aryl methyl sites for hydroxylation is 1. The summed E-state index contributed by atoms with van der Waals surface area (Å²) in [6, 6.07) is 8.29. The second-order valence-corrected chi connectivity index (χ2v) is 4.39. The van der Waals surface area contributed by atoms with E-state index in [1.807, 2.05) is 12.3 Å². The highest BCUT2D eigenvalue weighted by molar-refractivity contribution is 7.79. The summed E-state index contributed by atoms with van der Waals surface area (Å²) in [6.07, 6.45) is 1.87. The number of rotatable bonds is 2. The van der Waals surface area contributed by atoms with E-state index in [9.17, 15) is 0 Å².